The van der Waals surface area contributed by atoms with E-state index in [1.807, 2.05) is 0 Å². The molecule has 0 amide bonds. The molecule has 0 spiro atoms. The van der Waals surface area contributed by atoms with Gasteiger partial charge in [-0.25, -0.2) is 4.79 Å². The molecule has 1 rings (SSSR count). The zero-order valence-corrected chi connectivity index (χ0v) is 12.8. The van der Waals surface area contributed by atoms with E-state index in [0.717, 1.165) is 0 Å². The fourth-order valence-electron chi connectivity index (χ4n) is 1.30. The summed E-state index contributed by atoms with van der Waals surface area (Å²) in [5, 5.41) is 9.11. The third kappa shape index (κ3) is 7.88. The van der Waals surface area contributed by atoms with E-state index in [4.69, 9.17) is 5.11 Å². The number of ether oxygens (including phenoxy) is 3. The van der Waals surface area contributed by atoms with Crippen molar-refractivity contribution in [3.05, 3.63) is 29.8 Å². The highest BCUT2D eigenvalue weighted by molar-refractivity contribution is 5.92. The van der Waals surface area contributed by atoms with Crippen LogP contribution in [0.1, 0.15) is 30.6 Å². The first-order valence-corrected chi connectivity index (χ1v) is 6.63. The summed E-state index contributed by atoms with van der Waals surface area (Å²) in [5.41, 5.74) is 0.190. The van der Waals surface area contributed by atoms with Crippen molar-refractivity contribution in [1.29, 1.82) is 0 Å². The van der Waals surface area contributed by atoms with Gasteiger partial charge in [0.2, 0.25) is 0 Å². The largest absolute Gasteiger partial charge is 0.507 e. The number of rotatable bonds is 5. The van der Waals surface area contributed by atoms with E-state index in [0.29, 0.717) is 0 Å². The van der Waals surface area contributed by atoms with Gasteiger partial charge in [-0.05, 0) is 26.0 Å². The molecule has 0 aromatic heterocycles. The number of methoxy groups -OCH3 is 1. The van der Waals surface area contributed by atoms with Gasteiger partial charge in [0.25, 0.3) is 0 Å². The van der Waals surface area contributed by atoms with Crippen LogP contribution >= 0.6 is 0 Å². The van der Waals surface area contributed by atoms with Crippen LogP contribution in [0.3, 0.4) is 0 Å². The molecule has 0 saturated heterocycles. The van der Waals surface area contributed by atoms with Crippen molar-refractivity contribution in [2.24, 2.45) is 0 Å². The van der Waals surface area contributed by atoms with E-state index in [1.165, 1.54) is 19.2 Å². The predicted molar refractivity (Wildman–Crippen MR) is 77.3 cm³/mol. The quantitative estimate of drug-likeness (QED) is 0.501. The van der Waals surface area contributed by atoms with E-state index in [9.17, 15) is 14.4 Å². The van der Waals surface area contributed by atoms with Crippen LogP contribution in [-0.4, -0.2) is 43.3 Å². The molecule has 7 nitrogen and oxygen atoms in total. The second-order valence-electron chi connectivity index (χ2n) is 3.80. The Balaban J connectivity index is 0.000000401. The van der Waals surface area contributed by atoms with E-state index in [2.05, 4.69) is 14.2 Å². The summed E-state index contributed by atoms with van der Waals surface area (Å²) in [4.78, 5) is 32.1. The van der Waals surface area contributed by atoms with Gasteiger partial charge >= 0.3 is 17.9 Å². The number of para-hydroxylation sites is 1. The van der Waals surface area contributed by atoms with E-state index in [1.54, 1.807) is 26.0 Å². The van der Waals surface area contributed by atoms with Gasteiger partial charge < -0.3 is 19.3 Å². The van der Waals surface area contributed by atoms with Crippen LogP contribution in [-0.2, 0) is 23.8 Å². The number of phenols is 1. The monoisotopic (exact) mass is 312 g/mol. The number of esters is 3. The van der Waals surface area contributed by atoms with E-state index in [-0.39, 0.29) is 30.9 Å². The van der Waals surface area contributed by atoms with Gasteiger partial charge in [0.1, 0.15) is 17.7 Å². The number of hydrogen-bond donors (Lipinski definition) is 1. The maximum Gasteiger partial charge on any atom is 0.341 e. The first-order valence-electron chi connectivity index (χ1n) is 6.63. The zero-order chi connectivity index (χ0) is 17.0. The lowest BCUT2D eigenvalue weighted by Gasteiger charge is -2.00. The molecule has 0 atom stereocenters. The highest BCUT2D eigenvalue weighted by Gasteiger charge is 2.10. The van der Waals surface area contributed by atoms with Crippen LogP contribution in [0.2, 0.25) is 0 Å². The number of aromatic hydroxyl groups is 1. The SMILES string of the molecule is CCOC(=O)CC(=O)OCC.COC(=O)c1ccccc1O. The second kappa shape index (κ2) is 11.1. The Kier molecular flexibility index (Phi) is 9.83. The molecule has 122 valence electrons. The van der Waals surface area contributed by atoms with Gasteiger partial charge in [-0.3, -0.25) is 9.59 Å². The number of hydrogen-bond acceptors (Lipinski definition) is 7. The van der Waals surface area contributed by atoms with Gasteiger partial charge in [-0.1, -0.05) is 12.1 Å². The molecule has 22 heavy (non-hydrogen) atoms. The van der Waals surface area contributed by atoms with Gasteiger partial charge in [0.05, 0.1) is 20.3 Å². The normalized spacial score (nSPS) is 9.05. The lowest BCUT2D eigenvalue weighted by atomic mass is 10.2. The van der Waals surface area contributed by atoms with Crippen LogP contribution in [0.4, 0.5) is 0 Å². The summed E-state index contributed by atoms with van der Waals surface area (Å²) in [6, 6.07) is 6.24. The lowest BCUT2D eigenvalue weighted by molar-refractivity contribution is -0.153. The molecule has 1 aromatic rings. The molecule has 0 aliphatic heterocycles. The summed E-state index contributed by atoms with van der Waals surface area (Å²) >= 11 is 0. The van der Waals surface area contributed by atoms with Crippen LogP contribution in [0.15, 0.2) is 24.3 Å². The second-order valence-corrected chi connectivity index (χ2v) is 3.80. The third-order valence-corrected chi connectivity index (χ3v) is 2.21. The zero-order valence-electron chi connectivity index (χ0n) is 12.8. The molecule has 0 bridgehead atoms. The summed E-state index contributed by atoms with van der Waals surface area (Å²) in [6.07, 6.45) is -0.290. The standard InChI is InChI=1S/C8H8O3.C7H12O4/c1-11-8(10)6-4-2-3-5-7(6)9;1-3-10-6(8)5-7(9)11-4-2/h2-5,9H,1H3;3-5H2,1-2H3. The van der Waals surface area contributed by atoms with E-state index >= 15 is 0 Å². The molecule has 0 radical (unpaired) electrons. The van der Waals surface area contributed by atoms with Crippen molar-refractivity contribution in [1.82, 2.24) is 0 Å². The summed E-state index contributed by atoms with van der Waals surface area (Å²) < 4.78 is 13.5. The van der Waals surface area contributed by atoms with Gasteiger partial charge in [0.15, 0.2) is 0 Å². The third-order valence-electron chi connectivity index (χ3n) is 2.21. The Morgan fingerprint density at radius 2 is 1.50 bits per heavy atom. The van der Waals surface area contributed by atoms with Crippen molar-refractivity contribution in [2.45, 2.75) is 20.3 Å². The summed E-state index contributed by atoms with van der Waals surface area (Å²) in [5.74, 6) is -1.65. The number of carbonyl (C=O) groups is 3. The first kappa shape index (κ1) is 19.4. The molecule has 0 aliphatic rings. The Morgan fingerprint density at radius 1 is 1.00 bits per heavy atom. The predicted octanol–water partition coefficient (Wildman–Crippen LogP) is 1.68. The van der Waals surface area contributed by atoms with Gasteiger partial charge in [-0.15, -0.1) is 0 Å². The Hall–Kier alpha value is -2.57. The summed E-state index contributed by atoms with van der Waals surface area (Å²) in [6.45, 7) is 3.95. The van der Waals surface area contributed by atoms with Gasteiger partial charge in [0, 0.05) is 0 Å². The molecule has 7 heteroatoms. The van der Waals surface area contributed by atoms with Crippen LogP contribution in [0.5, 0.6) is 5.75 Å². The van der Waals surface area contributed by atoms with Crippen LogP contribution in [0.25, 0.3) is 0 Å². The number of benzene rings is 1. The molecular formula is C15H20O7. The first-order chi connectivity index (χ1) is 10.5. The molecule has 0 heterocycles. The molecule has 1 aromatic carbocycles. The summed E-state index contributed by atoms with van der Waals surface area (Å²) in [7, 11) is 1.27. The van der Waals surface area contributed by atoms with Crippen molar-refractivity contribution >= 4 is 17.9 Å². The molecule has 0 aliphatic carbocycles. The number of carbonyl (C=O) groups excluding carboxylic acids is 3. The molecule has 1 N–H and O–H groups in total. The average Bonchev–Trinajstić information content (AvgIpc) is 2.48. The van der Waals surface area contributed by atoms with E-state index < -0.39 is 17.9 Å². The maximum absolute atomic E-state index is 10.9. The lowest BCUT2D eigenvalue weighted by Crippen LogP contribution is -2.13. The highest BCUT2D eigenvalue weighted by atomic mass is 16.6. The average molecular weight is 312 g/mol. The fourth-order valence-corrected chi connectivity index (χ4v) is 1.30. The number of phenolic OH excluding ortho intramolecular Hbond substituents is 1. The van der Waals surface area contributed by atoms with Crippen molar-refractivity contribution in [2.75, 3.05) is 20.3 Å². The molecule has 0 unspecified atom stereocenters. The minimum absolute atomic E-state index is 0.0562. The molecule has 0 saturated carbocycles. The highest BCUT2D eigenvalue weighted by Crippen LogP contribution is 2.15. The van der Waals surface area contributed by atoms with Crippen LogP contribution < -0.4 is 0 Å². The Labute approximate surface area is 128 Å². The molecular weight excluding hydrogens is 292 g/mol. The maximum atomic E-state index is 10.9. The Bertz CT molecular complexity index is 480. The van der Waals surface area contributed by atoms with Crippen molar-refractivity contribution in [3.8, 4) is 5.75 Å². The van der Waals surface area contributed by atoms with Gasteiger partial charge in [-0.2, -0.15) is 0 Å². The minimum atomic E-state index is -0.536. The minimum Gasteiger partial charge on any atom is -0.507 e. The smallest absolute Gasteiger partial charge is 0.341 e. The van der Waals surface area contributed by atoms with Crippen LogP contribution in [0, 0.1) is 0 Å². The van der Waals surface area contributed by atoms with Crippen molar-refractivity contribution < 1.29 is 33.7 Å². The molecule has 0 fully saturated rings. The Morgan fingerprint density at radius 3 is 1.91 bits per heavy atom. The topological polar surface area (TPSA) is 99.1 Å². The van der Waals surface area contributed by atoms with Crippen molar-refractivity contribution in [3.63, 3.8) is 0 Å². The fraction of sp³-hybridized carbons (Fsp3) is 0.400.